The fraction of sp³-hybridized carbons (Fsp3) is 0.0714. The van der Waals surface area contributed by atoms with Gasteiger partial charge in [-0.1, -0.05) is 6.07 Å². The largest absolute Gasteiger partial charge is 0.478 e. The van der Waals surface area contributed by atoms with E-state index in [1.807, 2.05) is 4.72 Å². The van der Waals surface area contributed by atoms with E-state index in [0.717, 1.165) is 18.2 Å². The van der Waals surface area contributed by atoms with Gasteiger partial charge in [-0.25, -0.2) is 31.2 Å². The maximum Gasteiger partial charge on any atom is 0.335 e. The summed E-state index contributed by atoms with van der Waals surface area (Å²) in [6.45, 7) is 1.50. The van der Waals surface area contributed by atoms with Crippen molar-refractivity contribution in [1.29, 1.82) is 0 Å². The minimum Gasteiger partial charge on any atom is -0.478 e. The summed E-state index contributed by atoms with van der Waals surface area (Å²) in [6, 6.07) is 5.83. The summed E-state index contributed by atoms with van der Waals surface area (Å²) in [7, 11) is -8.43. The first-order valence-corrected chi connectivity index (χ1v) is 9.64. The Morgan fingerprint density at radius 3 is 2.20 bits per heavy atom. The Morgan fingerprint density at radius 2 is 1.68 bits per heavy atom. The van der Waals surface area contributed by atoms with Crippen molar-refractivity contribution in [2.75, 3.05) is 4.72 Å². The van der Waals surface area contributed by atoms with Crippen molar-refractivity contribution in [3.63, 3.8) is 0 Å². The van der Waals surface area contributed by atoms with Gasteiger partial charge in [0.25, 0.3) is 10.0 Å². The van der Waals surface area contributed by atoms with Crippen molar-refractivity contribution in [2.45, 2.75) is 16.7 Å². The van der Waals surface area contributed by atoms with E-state index in [0.29, 0.717) is 11.6 Å². The van der Waals surface area contributed by atoms with Gasteiger partial charge in [-0.05, 0) is 42.8 Å². The number of anilines is 1. The van der Waals surface area contributed by atoms with Gasteiger partial charge in [0.05, 0.1) is 21.0 Å². The normalized spacial score (nSPS) is 12.0. The lowest BCUT2D eigenvalue weighted by molar-refractivity contribution is 0.0696. The quantitative estimate of drug-likeness (QED) is 0.704. The Balaban J connectivity index is 2.43. The van der Waals surface area contributed by atoms with E-state index in [9.17, 15) is 26.0 Å². The number of carbonyl (C=O) groups is 1. The lowest BCUT2D eigenvalue weighted by Gasteiger charge is -2.11. The summed E-state index contributed by atoms with van der Waals surface area (Å²) in [5.41, 5.74) is -0.368. The molecule has 0 fully saturated rings. The van der Waals surface area contributed by atoms with Crippen LogP contribution in [0, 0.1) is 12.7 Å². The van der Waals surface area contributed by atoms with Crippen LogP contribution in [-0.2, 0) is 20.0 Å². The number of rotatable bonds is 5. The van der Waals surface area contributed by atoms with Crippen molar-refractivity contribution >= 4 is 31.7 Å². The SMILES string of the molecule is Cc1ccc(S(=O)(=O)Nc2ccc(S(N)(=O)=O)cc2F)cc1C(=O)O. The van der Waals surface area contributed by atoms with Gasteiger partial charge in [0.1, 0.15) is 5.82 Å². The molecule has 0 aromatic heterocycles. The third kappa shape index (κ3) is 4.13. The van der Waals surface area contributed by atoms with Gasteiger partial charge in [-0.2, -0.15) is 0 Å². The van der Waals surface area contributed by atoms with Gasteiger partial charge in [0.15, 0.2) is 0 Å². The van der Waals surface area contributed by atoms with Crippen LogP contribution >= 0.6 is 0 Å². The highest BCUT2D eigenvalue weighted by Crippen LogP contribution is 2.23. The predicted octanol–water partition coefficient (Wildman–Crippen LogP) is 1.28. The molecule has 0 atom stereocenters. The van der Waals surface area contributed by atoms with Crippen molar-refractivity contribution in [3.05, 3.63) is 53.3 Å². The monoisotopic (exact) mass is 388 g/mol. The van der Waals surface area contributed by atoms with Crippen molar-refractivity contribution in [3.8, 4) is 0 Å². The second-order valence-corrected chi connectivity index (χ2v) is 8.32. The van der Waals surface area contributed by atoms with Gasteiger partial charge in [0, 0.05) is 0 Å². The maximum absolute atomic E-state index is 14.0. The van der Waals surface area contributed by atoms with E-state index in [4.69, 9.17) is 10.2 Å². The number of halogens is 1. The Morgan fingerprint density at radius 1 is 1.08 bits per heavy atom. The molecule has 2 aromatic carbocycles. The fourth-order valence-corrected chi connectivity index (χ4v) is 3.58. The van der Waals surface area contributed by atoms with Crippen LogP contribution < -0.4 is 9.86 Å². The molecule has 2 rings (SSSR count). The number of sulfonamides is 2. The number of benzene rings is 2. The number of carboxylic acid groups (broad SMARTS) is 1. The second kappa shape index (κ2) is 6.43. The first-order valence-electron chi connectivity index (χ1n) is 6.61. The standard InChI is InChI=1S/C14H13FN2O6S2/c1-8-2-3-10(6-11(8)14(18)19)25(22,23)17-13-5-4-9(7-12(13)15)24(16,20)21/h2-7,17H,1H3,(H,18,19)(H2,16,20,21). The molecule has 134 valence electrons. The third-order valence-corrected chi connectivity index (χ3v) is 5.54. The molecular formula is C14H13FN2O6S2. The summed E-state index contributed by atoms with van der Waals surface area (Å²) < 4.78 is 62.8. The zero-order valence-corrected chi connectivity index (χ0v) is 14.4. The number of primary sulfonamides is 1. The van der Waals surface area contributed by atoms with Crippen LogP contribution in [0.25, 0.3) is 0 Å². The fourth-order valence-electron chi connectivity index (χ4n) is 1.96. The number of nitrogens with two attached hydrogens (primary N) is 1. The van der Waals surface area contributed by atoms with Gasteiger partial charge < -0.3 is 5.11 Å². The molecule has 8 nitrogen and oxygen atoms in total. The van der Waals surface area contributed by atoms with E-state index < -0.39 is 42.4 Å². The minimum absolute atomic E-state index is 0.215. The Bertz CT molecular complexity index is 1060. The molecule has 0 aliphatic rings. The molecule has 0 saturated heterocycles. The highest BCUT2D eigenvalue weighted by atomic mass is 32.2. The summed E-state index contributed by atoms with van der Waals surface area (Å²) in [5.74, 6) is -2.46. The smallest absolute Gasteiger partial charge is 0.335 e. The lowest BCUT2D eigenvalue weighted by atomic mass is 10.1. The molecule has 4 N–H and O–H groups in total. The van der Waals surface area contributed by atoms with Crippen LogP contribution in [0.5, 0.6) is 0 Å². The van der Waals surface area contributed by atoms with Crippen LogP contribution in [0.2, 0.25) is 0 Å². The minimum atomic E-state index is -4.29. The Kier molecular flexibility index (Phi) is 4.84. The van der Waals surface area contributed by atoms with Crippen LogP contribution in [-0.4, -0.2) is 27.9 Å². The molecule has 0 heterocycles. The topological polar surface area (TPSA) is 144 Å². The molecule has 0 aliphatic heterocycles. The van der Waals surface area contributed by atoms with Crippen LogP contribution in [0.4, 0.5) is 10.1 Å². The number of nitrogens with one attached hydrogen (secondary N) is 1. The molecular weight excluding hydrogens is 375 g/mol. The van der Waals surface area contributed by atoms with E-state index in [1.165, 1.54) is 19.1 Å². The molecule has 11 heteroatoms. The predicted molar refractivity (Wildman–Crippen MR) is 86.7 cm³/mol. The number of carboxylic acids is 1. The number of hydrogen-bond acceptors (Lipinski definition) is 5. The average Bonchev–Trinajstić information content (AvgIpc) is 2.48. The van der Waals surface area contributed by atoms with Crippen molar-refractivity contribution in [1.82, 2.24) is 0 Å². The van der Waals surface area contributed by atoms with Gasteiger partial charge in [-0.3, -0.25) is 4.72 Å². The van der Waals surface area contributed by atoms with Gasteiger partial charge in [0.2, 0.25) is 10.0 Å². The third-order valence-electron chi connectivity index (χ3n) is 3.26. The van der Waals surface area contributed by atoms with Crippen molar-refractivity contribution in [2.24, 2.45) is 5.14 Å². The molecule has 0 spiro atoms. The molecule has 0 radical (unpaired) electrons. The highest BCUT2D eigenvalue weighted by molar-refractivity contribution is 7.92. The summed E-state index contributed by atoms with van der Waals surface area (Å²) in [4.78, 5) is 10.2. The highest BCUT2D eigenvalue weighted by Gasteiger charge is 2.20. The van der Waals surface area contributed by atoms with E-state index in [2.05, 4.69) is 0 Å². The maximum atomic E-state index is 14.0. The van der Waals surface area contributed by atoms with Gasteiger partial charge >= 0.3 is 5.97 Å². The molecule has 2 aromatic rings. The summed E-state index contributed by atoms with van der Waals surface area (Å²) in [6.07, 6.45) is 0. The Hall–Kier alpha value is -2.50. The number of hydrogen-bond donors (Lipinski definition) is 3. The number of aromatic carboxylic acids is 1. The van der Waals surface area contributed by atoms with Crippen molar-refractivity contribution < 1.29 is 31.1 Å². The Labute approximate surface area is 143 Å². The van der Waals surface area contributed by atoms with E-state index >= 15 is 0 Å². The zero-order valence-electron chi connectivity index (χ0n) is 12.7. The zero-order chi connectivity index (χ0) is 19.0. The van der Waals surface area contributed by atoms with E-state index in [-0.39, 0.29) is 10.5 Å². The van der Waals surface area contributed by atoms with Crippen LogP contribution in [0.15, 0.2) is 46.2 Å². The van der Waals surface area contributed by atoms with Crippen LogP contribution in [0.3, 0.4) is 0 Å². The molecule has 0 bridgehead atoms. The van der Waals surface area contributed by atoms with Gasteiger partial charge in [-0.15, -0.1) is 0 Å². The first-order chi connectivity index (χ1) is 11.4. The first kappa shape index (κ1) is 18.8. The second-order valence-electron chi connectivity index (χ2n) is 5.07. The molecule has 0 amide bonds. The average molecular weight is 388 g/mol. The van der Waals surface area contributed by atoms with Crippen LogP contribution in [0.1, 0.15) is 15.9 Å². The molecule has 25 heavy (non-hydrogen) atoms. The summed E-state index contributed by atoms with van der Waals surface area (Å²) in [5, 5.41) is 13.9. The summed E-state index contributed by atoms with van der Waals surface area (Å²) >= 11 is 0. The number of aryl methyl sites for hydroxylation is 1. The molecule has 0 saturated carbocycles. The lowest BCUT2D eigenvalue weighted by Crippen LogP contribution is -2.16. The molecule has 0 aliphatic carbocycles. The van der Waals surface area contributed by atoms with E-state index in [1.54, 1.807) is 0 Å². The molecule has 0 unspecified atom stereocenters.